The number of carbonyl (C=O) groups is 1. The van der Waals surface area contributed by atoms with E-state index in [1.54, 1.807) is 4.90 Å². The summed E-state index contributed by atoms with van der Waals surface area (Å²) in [6.07, 6.45) is 1.56. The van der Waals surface area contributed by atoms with Crippen molar-refractivity contribution in [2.45, 2.75) is 58.7 Å². The maximum atomic E-state index is 12.0. The lowest BCUT2D eigenvalue weighted by Crippen LogP contribution is -2.38. The lowest BCUT2D eigenvalue weighted by atomic mass is 10.2. The quantitative estimate of drug-likeness (QED) is 0.923. The van der Waals surface area contributed by atoms with Crippen molar-refractivity contribution in [3.8, 4) is 0 Å². The van der Waals surface area contributed by atoms with Crippen molar-refractivity contribution in [1.29, 1.82) is 0 Å². The number of amides is 1. The Labute approximate surface area is 125 Å². The minimum atomic E-state index is -0.445. The molecule has 1 atom stereocenters. The van der Waals surface area contributed by atoms with E-state index in [1.807, 2.05) is 33.8 Å². The number of hydrogen-bond acceptors (Lipinski definition) is 5. The highest BCUT2D eigenvalue weighted by atomic mass is 16.6. The fraction of sp³-hybridized carbons (Fsp3) is 0.733. The first-order valence-electron chi connectivity index (χ1n) is 7.53. The predicted molar refractivity (Wildman–Crippen MR) is 78.9 cm³/mol. The van der Waals surface area contributed by atoms with Crippen molar-refractivity contribution in [2.75, 3.05) is 13.1 Å². The molecule has 1 aromatic rings. The van der Waals surface area contributed by atoms with Gasteiger partial charge in [0.15, 0.2) is 5.76 Å². The molecule has 0 bridgehead atoms. The summed E-state index contributed by atoms with van der Waals surface area (Å²) in [5.41, 5.74) is 0.521. The second-order valence-electron chi connectivity index (χ2n) is 6.43. The number of aromatic nitrogens is 1. The maximum absolute atomic E-state index is 12.0. The molecule has 1 aliphatic heterocycles. The largest absolute Gasteiger partial charge is 0.444 e. The van der Waals surface area contributed by atoms with Crippen LogP contribution >= 0.6 is 0 Å². The number of aryl methyl sites for hydroxylation is 1. The van der Waals surface area contributed by atoms with E-state index in [2.05, 4.69) is 10.5 Å². The van der Waals surface area contributed by atoms with Gasteiger partial charge in [-0.25, -0.2) is 4.79 Å². The summed E-state index contributed by atoms with van der Waals surface area (Å²) in [6, 6.07) is 2.24. The molecular weight excluding hydrogens is 270 g/mol. The molecule has 1 N–H and O–H groups in total. The van der Waals surface area contributed by atoms with Gasteiger partial charge in [0, 0.05) is 25.2 Å². The van der Waals surface area contributed by atoms with Crippen molar-refractivity contribution in [3.05, 3.63) is 17.5 Å². The number of likely N-dealkylation sites (tertiary alicyclic amines) is 1. The highest BCUT2D eigenvalue weighted by Crippen LogP contribution is 2.15. The number of hydrogen-bond donors (Lipinski definition) is 1. The third-order valence-electron chi connectivity index (χ3n) is 3.37. The Balaban J connectivity index is 1.76. The second-order valence-corrected chi connectivity index (χ2v) is 6.43. The monoisotopic (exact) mass is 295 g/mol. The van der Waals surface area contributed by atoms with Crippen LogP contribution in [0.3, 0.4) is 0 Å². The molecule has 0 aliphatic carbocycles. The van der Waals surface area contributed by atoms with E-state index in [9.17, 15) is 4.79 Å². The van der Waals surface area contributed by atoms with E-state index in [1.165, 1.54) is 0 Å². The minimum absolute atomic E-state index is 0.236. The van der Waals surface area contributed by atoms with Crippen LogP contribution in [0.1, 0.15) is 45.6 Å². The first-order chi connectivity index (χ1) is 9.87. The van der Waals surface area contributed by atoms with Crippen LogP contribution < -0.4 is 5.32 Å². The molecule has 1 saturated heterocycles. The van der Waals surface area contributed by atoms with Crippen molar-refractivity contribution >= 4 is 6.09 Å². The molecule has 2 rings (SSSR count). The first kappa shape index (κ1) is 15.8. The van der Waals surface area contributed by atoms with E-state index in [0.717, 1.165) is 30.8 Å². The lowest BCUT2D eigenvalue weighted by molar-refractivity contribution is 0.0291. The van der Waals surface area contributed by atoms with Crippen molar-refractivity contribution < 1.29 is 14.1 Å². The van der Waals surface area contributed by atoms with Gasteiger partial charge in [0.05, 0.1) is 12.2 Å². The average molecular weight is 295 g/mol. The predicted octanol–water partition coefficient (Wildman–Crippen LogP) is 2.34. The molecule has 0 aromatic carbocycles. The summed E-state index contributed by atoms with van der Waals surface area (Å²) >= 11 is 0. The van der Waals surface area contributed by atoms with E-state index < -0.39 is 5.60 Å². The Morgan fingerprint density at radius 2 is 2.33 bits per heavy atom. The van der Waals surface area contributed by atoms with Gasteiger partial charge in [0.2, 0.25) is 0 Å². The van der Waals surface area contributed by atoms with Crippen LogP contribution in [0, 0.1) is 0 Å². The molecule has 2 heterocycles. The normalized spacial score (nSPS) is 19.0. The van der Waals surface area contributed by atoms with Crippen molar-refractivity contribution in [2.24, 2.45) is 0 Å². The third-order valence-corrected chi connectivity index (χ3v) is 3.37. The molecule has 6 nitrogen and oxygen atoms in total. The van der Waals surface area contributed by atoms with Gasteiger partial charge in [-0.2, -0.15) is 0 Å². The summed E-state index contributed by atoms with van der Waals surface area (Å²) in [5.74, 6) is 0.836. The molecule has 1 aliphatic rings. The first-order valence-corrected chi connectivity index (χ1v) is 7.53. The Kier molecular flexibility index (Phi) is 4.88. The van der Waals surface area contributed by atoms with Crippen LogP contribution in [0.15, 0.2) is 10.6 Å². The van der Waals surface area contributed by atoms with E-state index >= 15 is 0 Å². The molecule has 1 fully saturated rings. The van der Waals surface area contributed by atoms with E-state index in [-0.39, 0.29) is 12.1 Å². The topological polar surface area (TPSA) is 67.6 Å². The van der Waals surface area contributed by atoms with Gasteiger partial charge >= 0.3 is 6.09 Å². The Morgan fingerprint density at radius 3 is 2.95 bits per heavy atom. The fourth-order valence-corrected chi connectivity index (χ4v) is 2.27. The van der Waals surface area contributed by atoms with Gasteiger partial charge in [-0.15, -0.1) is 0 Å². The number of nitrogens with zero attached hydrogens (tertiary/aromatic N) is 2. The molecule has 118 valence electrons. The van der Waals surface area contributed by atoms with Crippen LogP contribution in [0.25, 0.3) is 0 Å². The summed E-state index contributed by atoms with van der Waals surface area (Å²) in [6.45, 7) is 9.72. The Morgan fingerprint density at radius 1 is 1.57 bits per heavy atom. The molecule has 1 amide bonds. The third kappa shape index (κ3) is 4.74. The Hall–Kier alpha value is -1.56. The summed E-state index contributed by atoms with van der Waals surface area (Å²) in [5, 5.41) is 7.36. The molecule has 0 spiro atoms. The highest BCUT2D eigenvalue weighted by molar-refractivity contribution is 5.68. The van der Waals surface area contributed by atoms with Gasteiger partial charge in [0.25, 0.3) is 0 Å². The SMILES string of the molecule is CCc1cc(CN[C@@H]2CCN(C(=O)OC(C)(C)C)C2)on1. The van der Waals surface area contributed by atoms with Crippen molar-refractivity contribution in [1.82, 2.24) is 15.4 Å². The molecule has 6 heteroatoms. The van der Waals surface area contributed by atoms with Gasteiger partial charge in [-0.3, -0.25) is 0 Å². The van der Waals surface area contributed by atoms with Crippen LogP contribution in [-0.2, 0) is 17.7 Å². The summed E-state index contributed by atoms with van der Waals surface area (Å²) in [4.78, 5) is 13.7. The molecule has 0 saturated carbocycles. The molecule has 0 radical (unpaired) electrons. The van der Waals surface area contributed by atoms with E-state index in [4.69, 9.17) is 9.26 Å². The zero-order valence-corrected chi connectivity index (χ0v) is 13.3. The standard InChI is InChI=1S/C15H25N3O3/c1-5-11-8-13(21-17-11)9-16-12-6-7-18(10-12)14(19)20-15(2,3)4/h8,12,16H,5-7,9-10H2,1-4H3/t12-/m1/s1. The second kappa shape index (κ2) is 6.47. The summed E-state index contributed by atoms with van der Waals surface area (Å²) in [7, 11) is 0. The smallest absolute Gasteiger partial charge is 0.410 e. The minimum Gasteiger partial charge on any atom is -0.444 e. The van der Waals surface area contributed by atoms with Gasteiger partial charge in [0.1, 0.15) is 5.60 Å². The Bertz CT molecular complexity index is 479. The number of rotatable bonds is 4. The van der Waals surface area contributed by atoms with Crippen LogP contribution in [0.2, 0.25) is 0 Å². The van der Waals surface area contributed by atoms with Crippen molar-refractivity contribution in [3.63, 3.8) is 0 Å². The van der Waals surface area contributed by atoms with Gasteiger partial charge in [-0.05, 0) is 33.6 Å². The summed E-state index contributed by atoms with van der Waals surface area (Å²) < 4.78 is 10.6. The van der Waals surface area contributed by atoms with Crippen LogP contribution in [0.5, 0.6) is 0 Å². The number of carbonyl (C=O) groups excluding carboxylic acids is 1. The maximum Gasteiger partial charge on any atom is 0.410 e. The molecule has 0 unspecified atom stereocenters. The zero-order valence-electron chi connectivity index (χ0n) is 13.3. The number of nitrogens with one attached hydrogen (secondary N) is 1. The van der Waals surface area contributed by atoms with Gasteiger partial charge < -0.3 is 19.5 Å². The average Bonchev–Trinajstić information content (AvgIpc) is 3.03. The molecule has 21 heavy (non-hydrogen) atoms. The molecule has 1 aromatic heterocycles. The zero-order chi connectivity index (χ0) is 15.5. The number of ether oxygens (including phenoxy) is 1. The van der Waals surface area contributed by atoms with Gasteiger partial charge in [-0.1, -0.05) is 12.1 Å². The van der Waals surface area contributed by atoms with Crippen LogP contribution in [-0.4, -0.2) is 40.9 Å². The fourth-order valence-electron chi connectivity index (χ4n) is 2.27. The van der Waals surface area contributed by atoms with Crippen LogP contribution in [0.4, 0.5) is 4.79 Å². The lowest BCUT2D eigenvalue weighted by Gasteiger charge is -2.24. The van der Waals surface area contributed by atoms with E-state index in [0.29, 0.717) is 13.1 Å². The highest BCUT2D eigenvalue weighted by Gasteiger charge is 2.29. The molecular formula is C15H25N3O3.